The topological polar surface area (TPSA) is 126 Å². The smallest absolute Gasteiger partial charge is 0.480 e. The molecule has 1 atom stereocenters. The molecule has 0 spiro atoms. The van der Waals surface area contributed by atoms with Crippen LogP contribution < -0.4 is 9.64 Å². The highest BCUT2D eigenvalue weighted by atomic mass is 32.2. The summed E-state index contributed by atoms with van der Waals surface area (Å²) in [5, 5.41) is 10.2. The van der Waals surface area contributed by atoms with Crippen molar-refractivity contribution in [2.24, 2.45) is 0 Å². The molecule has 0 bridgehead atoms. The van der Waals surface area contributed by atoms with Gasteiger partial charge in [-0.25, -0.2) is 18.4 Å². The third-order valence-electron chi connectivity index (χ3n) is 5.06. The van der Waals surface area contributed by atoms with Crippen molar-refractivity contribution in [1.29, 1.82) is 0 Å². The van der Waals surface area contributed by atoms with Crippen LogP contribution in [-0.4, -0.2) is 70.8 Å². The van der Waals surface area contributed by atoms with Crippen molar-refractivity contribution < 1.29 is 36.2 Å². The number of rotatable bonds is 6. The third-order valence-corrected chi connectivity index (χ3v) is 8.02. The van der Waals surface area contributed by atoms with E-state index in [4.69, 9.17) is 0 Å². The third kappa shape index (κ3) is 4.90. The molecule has 3 heterocycles. The van der Waals surface area contributed by atoms with Gasteiger partial charge in [0.2, 0.25) is 10.0 Å². The van der Waals surface area contributed by atoms with Gasteiger partial charge in [0.1, 0.15) is 17.6 Å². The van der Waals surface area contributed by atoms with Crippen molar-refractivity contribution in [3.8, 4) is 5.75 Å². The number of anilines is 1. The van der Waals surface area contributed by atoms with E-state index in [9.17, 15) is 31.5 Å². The normalized spacial score (nSPS) is 17.8. The van der Waals surface area contributed by atoms with E-state index in [1.165, 1.54) is 11.3 Å². The molecule has 0 saturated carbocycles. The van der Waals surface area contributed by atoms with Crippen LogP contribution in [0.4, 0.5) is 18.3 Å². The van der Waals surface area contributed by atoms with Crippen LogP contribution in [-0.2, 0) is 21.2 Å². The average Bonchev–Trinajstić information content (AvgIpc) is 3.21. The highest BCUT2D eigenvalue weighted by Gasteiger charge is 2.41. The molecule has 0 unspecified atom stereocenters. The monoisotopic (exact) mass is 517 g/mol. The largest absolute Gasteiger partial charge is 0.573 e. The number of aliphatic carboxylic acids is 1. The number of nitrogens with zero attached hydrogens (tertiary/aromatic N) is 5. The number of piperazine rings is 1. The van der Waals surface area contributed by atoms with E-state index in [0.717, 1.165) is 33.3 Å². The van der Waals surface area contributed by atoms with Crippen molar-refractivity contribution in [1.82, 2.24) is 19.3 Å². The number of thiazole rings is 1. The highest BCUT2D eigenvalue weighted by Crippen LogP contribution is 2.31. The molecule has 182 valence electrons. The summed E-state index contributed by atoms with van der Waals surface area (Å²) in [6.07, 6.45) is -2.65. The maximum Gasteiger partial charge on any atom is 0.573 e. The Balaban J connectivity index is 1.57. The van der Waals surface area contributed by atoms with Crippen molar-refractivity contribution in [3.63, 3.8) is 0 Å². The Kier molecular flexibility index (Phi) is 6.35. The molecule has 1 saturated heterocycles. The summed E-state index contributed by atoms with van der Waals surface area (Å²) in [6.45, 7) is 1.73. The van der Waals surface area contributed by atoms with Gasteiger partial charge in [-0.2, -0.15) is 9.29 Å². The van der Waals surface area contributed by atoms with Gasteiger partial charge in [0, 0.05) is 26.1 Å². The fourth-order valence-corrected chi connectivity index (χ4v) is 5.92. The van der Waals surface area contributed by atoms with Crippen LogP contribution in [0.15, 0.2) is 35.4 Å². The number of fused-ring (bicyclic) bond motifs is 1. The van der Waals surface area contributed by atoms with Gasteiger partial charge in [0.05, 0.1) is 15.8 Å². The number of sulfonamides is 1. The lowest BCUT2D eigenvalue weighted by Crippen LogP contribution is -2.58. The summed E-state index contributed by atoms with van der Waals surface area (Å²) < 4.78 is 68.6. The second-order valence-electron chi connectivity index (χ2n) is 7.26. The van der Waals surface area contributed by atoms with Crippen molar-refractivity contribution in [3.05, 3.63) is 36.3 Å². The SMILES string of the molecule is CCc1ncc2sc(N3CCN(S(=O)(=O)c4ccc(OC(F)(F)F)cc4)[C@@H](C(=O)O)C3)nc2n1. The Morgan fingerprint density at radius 2 is 1.94 bits per heavy atom. The Morgan fingerprint density at radius 3 is 2.56 bits per heavy atom. The zero-order chi connectivity index (χ0) is 24.7. The Morgan fingerprint density at radius 1 is 1.24 bits per heavy atom. The number of alkyl halides is 3. The van der Waals surface area contributed by atoms with Gasteiger partial charge in [0.25, 0.3) is 0 Å². The molecule has 1 aromatic carbocycles. The standard InChI is InChI=1S/C19H18F3N5O5S2/c1-2-15-23-9-14-16(24-15)25-18(33-14)26-7-8-27(13(10-26)17(28)29)34(30,31)12-5-3-11(4-6-12)32-19(20,21)22/h3-6,9,13H,2,7-8,10H2,1H3,(H,28,29)/t13-/m1/s1. The van der Waals surface area contributed by atoms with Crippen LogP contribution >= 0.6 is 11.3 Å². The zero-order valence-corrected chi connectivity index (χ0v) is 19.2. The minimum Gasteiger partial charge on any atom is -0.480 e. The second-order valence-corrected chi connectivity index (χ2v) is 10.2. The van der Waals surface area contributed by atoms with Gasteiger partial charge >= 0.3 is 12.3 Å². The van der Waals surface area contributed by atoms with E-state index < -0.39 is 34.1 Å². The predicted octanol–water partition coefficient (Wildman–Crippen LogP) is 2.51. The van der Waals surface area contributed by atoms with E-state index in [1.807, 2.05) is 6.92 Å². The van der Waals surface area contributed by atoms with Gasteiger partial charge in [-0.15, -0.1) is 13.2 Å². The Bertz CT molecular complexity index is 1310. The minimum absolute atomic E-state index is 0.159. The average molecular weight is 518 g/mol. The molecule has 15 heteroatoms. The molecule has 0 amide bonds. The number of hydrogen-bond donors (Lipinski definition) is 1. The molecular formula is C19H18F3N5O5S2. The number of ether oxygens (including phenoxy) is 1. The first-order chi connectivity index (χ1) is 16.0. The molecule has 0 radical (unpaired) electrons. The quantitative estimate of drug-likeness (QED) is 0.525. The van der Waals surface area contributed by atoms with Gasteiger partial charge in [-0.05, 0) is 24.3 Å². The van der Waals surface area contributed by atoms with Crippen LogP contribution in [0.2, 0.25) is 0 Å². The first-order valence-electron chi connectivity index (χ1n) is 9.96. The molecule has 4 rings (SSSR count). The number of carboxylic acids is 1. The molecule has 34 heavy (non-hydrogen) atoms. The molecular weight excluding hydrogens is 499 g/mol. The number of carbonyl (C=O) groups is 1. The van der Waals surface area contributed by atoms with Crippen LogP contribution in [0.3, 0.4) is 0 Å². The number of carboxylic acid groups (broad SMARTS) is 1. The first-order valence-corrected chi connectivity index (χ1v) is 12.2. The summed E-state index contributed by atoms with van der Waals surface area (Å²) >= 11 is 1.27. The van der Waals surface area contributed by atoms with Gasteiger partial charge in [-0.1, -0.05) is 18.3 Å². The van der Waals surface area contributed by atoms with Crippen molar-refractivity contribution >= 4 is 42.8 Å². The number of aryl methyl sites for hydroxylation is 1. The Labute approximate surface area is 195 Å². The summed E-state index contributed by atoms with van der Waals surface area (Å²) in [4.78, 5) is 26.3. The fraction of sp³-hybridized carbons (Fsp3) is 0.368. The lowest BCUT2D eigenvalue weighted by Gasteiger charge is -2.38. The summed E-state index contributed by atoms with van der Waals surface area (Å²) in [5.41, 5.74) is 0.481. The molecule has 2 aromatic heterocycles. The van der Waals surface area contributed by atoms with Crippen LogP contribution in [0.5, 0.6) is 5.75 Å². The minimum atomic E-state index is -4.92. The van der Waals surface area contributed by atoms with E-state index in [1.54, 1.807) is 11.1 Å². The van der Waals surface area contributed by atoms with E-state index in [2.05, 4.69) is 19.7 Å². The zero-order valence-electron chi connectivity index (χ0n) is 17.6. The molecule has 3 aromatic rings. The maximum atomic E-state index is 13.1. The molecule has 10 nitrogen and oxygen atoms in total. The second kappa shape index (κ2) is 8.96. The van der Waals surface area contributed by atoms with E-state index >= 15 is 0 Å². The van der Waals surface area contributed by atoms with Crippen molar-refractivity contribution in [2.45, 2.75) is 30.6 Å². The predicted molar refractivity (Wildman–Crippen MR) is 115 cm³/mol. The van der Waals surface area contributed by atoms with Crippen LogP contribution in [0, 0.1) is 0 Å². The highest BCUT2D eigenvalue weighted by molar-refractivity contribution is 7.89. The number of benzene rings is 1. The van der Waals surface area contributed by atoms with Gasteiger partial charge < -0.3 is 14.7 Å². The molecule has 1 aliphatic rings. The number of hydrogen-bond acceptors (Lipinski definition) is 9. The van der Waals surface area contributed by atoms with Gasteiger partial charge in [0.15, 0.2) is 10.8 Å². The molecule has 1 N–H and O–H groups in total. The Hall–Kier alpha value is -3.04. The fourth-order valence-electron chi connectivity index (χ4n) is 3.44. The summed E-state index contributed by atoms with van der Waals surface area (Å²) in [5.74, 6) is -1.33. The van der Waals surface area contributed by atoms with Gasteiger partial charge in [-0.3, -0.25) is 4.79 Å². The van der Waals surface area contributed by atoms with E-state index in [0.29, 0.717) is 23.0 Å². The summed E-state index contributed by atoms with van der Waals surface area (Å²) in [6, 6.07) is 2.17. The molecule has 1 aliphatic heterocycles. The number of halogens is 3. The lowest BCUT2D eigenvalue weighted by molar-refractivity contribution is -0.274. The number of aromatic nitrogens is 3. The lowest BCUT2D eigenvalue weighted by atomic mass is 10.2. The molecule has 0 aliphatic carbocycles. The summed E-state index contributed by atoms with van der Waals surface area (Å²) in [7, 11) is -4.31. The first kappa shape index (κ1) is 24.1. The maximum absolute atomic E-state index is 13.1. The van der Waals surface area contributed by atoms with Crippen LogP contribution in [0.25, 0.3) is 10.3 Å². The van der Waals surface area contributed by atoms with Crippen molar-refractivity contribution in [2.75, 3.05) is 24.5 Å². The van der Waals surface area contributed by atoms with Crippen LogP contribution in [0.1, 0.15) is 12.7 Å². The van der Waals surface area contributed by atoms with E-state index in [-0.39, 0.29) is 24.5 Å². The molecule has 1 fully saturated rings.